The minimum Gasteiger partial charge on any atom is -0.460 e. The van der Waals surface area contributed by atoms with Crippen LogP contribution >= 0.6 is 0 Å². The predicted octanol–water partition coefficient (Wildman–Crippen LogP) is 2.35. The summed E-state index contributed by atoms with van der Waals surface area (Å²) < 4.78 is 4.93. The zero-order chi connectivity index (χ0) is 12.0. The highest BCUT2D eigenvalue weighted by molar-refractivity contribution is 5.94. The van der Waals surface area contributed by atoms with Crippen LogP contribution in [0.4, 0.5) is 0 Å². The lowest BCUT2D eigenvalue weighted by molar-refractivity contribution is -0.146. The zero-order valence-corrected chi connectivity index (χ0v) is 9.23. The molecule has 0 aromatic heterocycles. The van der Waals surface area contributed by atoms with Gasteiger partial charge in [-0.3, -0.25) is 9.59 Å². The first-order valence-corrected chi connectivity index (χ1v) is 4.98. The van der Waals surface area contributed by atoms with Crippen molar-refractivity contribution in [3.63, 3.8) is 0 Å². The van der Waals surface area contributed by atoms with E-state index < -0.39 is 5.97 Å². The molecule has 0 heterocycles. The van der Waals surface area contributed by atoms with Crippen molar-refractivity contribution >= 4 is 17.8 Å². The van der Waals surface area contributed by atoms with E-state index in [9.17, 15) is 9.59 Å². The van der Waals surface area contributed by atoms with E-state index in [-0.39, 0.29) is 18.8 Å². The second-order valence-electron chi connectivity index (χ2n) is 3.49. The maximum absolute atomic E-state index is 11.1. The second kappa shape index (κ2) is 5.85. The molecule has 0 N–H and O–H groups in total. The Morgan fingerprint density at radius 1 is 1.31 bits per heavy atom. The Hall–Kier alpha value is -1.90. The van der Waals surface area contributed by atoms with E-state index in [0.717, 1.165) is 11.1 Å². The molecule has 0 aliphatic rings. The molecule has 0 bridgehead atoms. The fourth-order valence-electron chi connectivity index (χ4n) is 1.17. The highest BCUT2D eigenvalue weighted by atomic mass is 16.5. The van der Waals surface area contributed by atoms with Crippen LogP contribution in [0.2, 0.25) is 0 Å². The molecule has 1 aromatic carbocycles. The first-order chi connectivity index (χ1) is 7.61. The van der Waals surface area contributed by atoms with E-state index in [1.165, 1.54) is 6.92 Å². The molecule has 3 nitrogen and oxygen atoms in total. The third-order valence-corrected chi connectivity index (χ3v) is 2.01. The van der Waals surface area contributed by atoms with Crippen LogP contribution in [-0.4, -0.2) is 11.8 Å². The van der Waals surface area contributed by atoms with Gasteiger partial charge < -0.3 is 4.74 Å². The smallest absolute Gasteiger partial charge is 0.313 e. The molecule has 1 rings (SSSR count). The van der Waals surface area contributed by atoms with E-state index in [1.54, 1.807) is 6.08 Å². The summed E-state index contributed by atoms with van der Waals surface area (Å²) in [5.74, 6) is -0.674. The van der Waals surface area contributed by atoms with Gasteiger partial charge in [0.25, 0.3) is 0 Å². The number of carbonyl (C=O) groups excluding carboxylic acids is 2. The van der Waals surface area contributed by atoms with E-state index in [1.807, 2.05) is 24.3 Å². The van der Waals surface area contributed by atoms with Crippen LogP contribution in [0.1, 0.15) is 24.5 Å². The summed E-state index contributed by atoms with van der Waals surface area (Å²) in [4.78, 5) is 21.7. The molecule has 1 aromatic rings. The van der Waals surface area contributed by atoms with Crippen LogP contribution < -0.4 is 0 Å². The molecule has 0 aliphatic heterocycles. The van der Waals surface area contributed by atoms with Crippen molar-refractivity contribution in [3.8, 4) is 0 Å². The lowest BCUT2D eigenvalue weighted by Crippen LogP contribution is -2.08. The fraction of sp³-hybridized carbons (Fsp3) is 0.231. The number of rotatable bonds is 5. The van der Waals surface area contributed by atoms with E-state index in [2.05, 4.69) is 6.58 Å². The Labute approximate surface area is 94.7 Å². The molecule has 0 spiro atoms. The number of carbonyl (C=O) groups is 2. The second-order valence-corrected chi connectivity index (χ2v) is 3.49. The number of ether oxygens (including phenoxy) is 1. The molecular weight excluding hydrogens is 204 g/mol. The van der Waals surface area contributed by atoms with Gasteiger partial charge in [-0.15, -0.1) is 0 Å². The minimum atomic E-state index is -0.486. The normalized spacial score (nSPS) is 9.56. The molecule has 0 fully saturated rings. The van der Waals surface area contributed by atoms with Crippen LogP contribution in [0.5, 0.6) is 0 Å². The molecule has 84 valence electrons. The fourth-order valence-corrected chi connectivity index (χ4v) is 1.17. The molecule has 0 radical (unpaired) electrons. The predicted molar refractivity (Wildman–Crippen MR) is 61.6 cm³/mol. The van der Waals surface area contributed by atoms with E-state index >= 15 is 0 Å². The first-order valence-electron chi connectivity index (χ1n) is 4.98. The van der Waals surface area contributed by atoms with Crippen LogP contribution in [0.3, 0.4) is 0 Å². The van der Waals surface area contributed by atoms with Gasteiger partial charge in [0.05, 0.1) is 0 Å². The first kappa shape index (κ1) is 12.2. The van der Waals surface area contributed by atoms with Crippen molar-refractivity contribution in [2.45, 2.75) is 20.0 Å². The van der Waals surface area contributed by atoms with Gasteiger partial charge >= 0.3 is 5.97 Å². The molecule has 0 saturated carbocycles. The summed E-state index contributed by atoms with van der Waals surface area (Å²) in [6.07, 6.45) is 1.58. The summed E-state index contributed by atoms with van der Waals surface area (Å²) in [5.41, 5.74) is 1.90. The maximum Gasteiger partial charge on any atom is 0.313 e. The Balaban J connectivity index is 2.45. The van der Waals surface area contributed by atoms with Crippen molar-refractivity contribution in [3.05, 3.63) is 42.0 Å². The lowest BCUT2D eigenvalue weighted by Gasteiger charge is -2.03. The van der Waals surface area contributed by atoms with Gasteiger partial charge in [0.15, 0.2) is 0 Å². The van der Waals surface area contributed by atoms with Gasteiger partial charge in [-0.25, -0.2) is 0 Å². The quantitative estimate of drug-likeness (QED) is 0.563. The van der Waals surface area contributed by atoms with Crippen LogP contribution in [0.25, 0.3) is 6.08 Å². The Morgan fingerprint density at radius 2 is 1.94 bits per heavy atom. The zero-order valence-electron chi connectivity index (χ0n) is 9.23. The number of esters is 1. The van der Waals surface area contributed by atoms with Crippen molar-refractivity contribution in [1.82, 2.24) is 0 Å². The standard InChI is InChI=1S/C13H14O3/c1-3-11-4-6-12(7-5-11)9-16-13(15)8-10(2)14/h3-7H,1,8-9H2,2H3. The number of hydrogen-bond donors (Lipinski definition) is 0. The third-order valence-electron chi connectivity index (χ3n) is 2.01. The molecular formula is C13H14O3. The van der Waals surface area contributed by atoms with Crippen molar-refractivity contribution < 1.29 is 14.3 Å². The van der Waals surface area contributed by atoms with Gasteiger partial charge in [-0.05, 0) is 18.1 Å². The van der Waals surface area contributed by atoms with Gasteiger partial charge in [-0.2, -0.15) is 0 Å². The molecule has 3 heteroatoms. The Kier molecular flexibility index (Phi) is 4.45. The van der Waals surface area contributed by atoms with Crippen molar-refractivity contribution in [1.29, 1.82) is 0 Å². The average Bonchev–Trinajstić information content (AvgIpc) is 2.26. The SMILES string of the molecule is C=Cc1ccc(COC(=O)CC(C)=O)cc1. The molecule has 16 heavy (non-hydrogen) atoms. The largest absolute Gasteiger partial charge is 0.460 e. The van der Waals surface area contributed by atoms with Gasteiger partial charge in [0, 0.05) is 0 Å². The summed E-state index contributed by atoms with van der Waals surface area (Å²) in [5, 5.41) is 0. The minimum absolute atomic E-state index is 0.162. The Bertz CT molecular complexity index is 390. The van der Waals surface area contributed by atoms with E-state index in [0.29, 0.717) is 0 Å². The van der Waals surface area contributed by atoms with Crippen LogP contribution in [-0.2, 0) is 20.9 Å². The van der Waals surface area contributed by atoms with Crippen molar-refractivity contribution in [2.75, 3.05) is 0 Å². The number of ketones is 1. The maximum atomic E-state index is 11.1. The molecule has 0 amide bonds. The van der Waals surface area contributed by atoms with Crippen LogP contribution in [0.15, 0.2) is 30.8 Å². The topological polar surface area (TPSA) is 43.4 Å². The van der Waals surface area contributed by atoms with Crippen LogP contribution in [0, 0.1) is 0 Å². The number of hydrogen-bond acceptors (Lipinski definition) is 3. The number of benzene rings is 1. The highest BCUT2D eigenvalue weighted by Gasteiger charge is 2.06. The molecule has 0 aliphatic carbocycles. The van der Waals surface area contributed by atoms with Gasteiger partial charge in [0.2, 0.25) is 0 Å². The summed E-state index contributed by atoms with van der Waals surface area (Å²) in [7, 11) is 0. The highest BCUT2D eigenvalue weighted by Crippen LogP contribution is 2.07. The molecule has 0 saturated heterocycles. The summed E-state index contributed by atoms with van der Waals surface area (Å²) >= 11 is 0. The van der Waals surface area contributed by atoms with E-state index in [4.69, 9.17) is 4.74 Å². The summed E-state index contributed by atoms with van der Waals surface area (Å²) in [6.45, 7) is 5.20. The Morgan fingerprint density at radius 3 is 2.44 bits per heavy atom. The molecule has 0 atom stereocenters. The number of Topliss-reactive ketones (excluding diaryl/α,β-unsaturated/α-hetero) is 1. The average molecular weight is 218 g/mol. The van der Waals surface area contributed by atoms with Gasteiger partial charge in [0.1, 0.15) is 18.8 Å². The monoisotopic (exact) mass is 218 g/mol. The lowest BCUT2D eigenvalue weighted by atomic mass is 10.1. The van der Waals surface area contributed by atoms with Gasteiger partial charge in [-0.1, -0.05) is 36.9 Å². The summed E-state index contributed by atoms with van der Waals surface area (Å²) in [6, 6.07) is 7.50. The third kappa shape index (κ3) is 4.09. The van der Waals surface area contributed by atoms with Crippen molar-refractivity contribution in [2.24, 2.45) is 0 Å². The molecule has 0 unspecified atom stereocenters.